The van der Waals surface area contributed by atoms with E-state index in [4.69, 9.17) is 10.8 Å². The molecule has 80 valence electrons. The lowest BCUT2D eigenvalue weighted by atomic mass is 10.3. The lowest BCUT2D eigenvalue weighted by Crippen LogP contribution is -2.43. The molecular weight excluding hydrogens is 186 g/mol. The standard InChI is InChI=1S/C8H15N3O3/c9-2-3-10-7(13)8(14)11-4-1-6(12)5-11/h6,12H,1-5,9H2,(H,10,13). The molecule has 1 heterocycles. The van der Waals surface area contributed by atoms with Gasteiger partial charge in [0.05, 0.1) is 6.10 Å². The van der Waals surface area contributed by atoms with Gasteiger partial charge in [0.25, 0.3) is 0 Å². The molecule has 6 nitrogen and oxygen atoms in total. The number of hydrogen-bond acceptors (Lipinski definition) is 4. The summed E-state index contributed by atoms with van der Waals surface area (Å²) in [6, 6.07) is 0. The van der Waals surface area contributed by atoms with Crippen LogP contribution in [0.3, 0.4) is 0 Å². The van der Waals surface area contributed by atoms with Crippen molar-refractivity contribution in [3.63, 3.8) is 0 Å². The third kappa shape index (κ3) is 2.68. The summed E-state index contributed by atoms with van der Waals surface area (Å²) >= 11 is 0. The number of carbonyl (C=O) groups excluding carboxylic acids is 2. The Morgan fingerprint density at radius 3 is 2.79 bits per heavy atom. The van der Waals surface area contributed by atoms with Gasteiger partial charge < -0.3 is 21.1 Å². The highest BCUT2D eigenvalue weighted by atomic mass is 16.3. The molecule has 1 saturated heterocycles. The molecule has 1 rings (SSSR count). The molecule has 4 N–H and O–H groups in total. The van der Waals surface area contributed by atoms with Crippen LogP contribution < -0.4 is 11.1 Å². The van der Waals surface area contributed by atoms with Gasteiger partial charge in [-0.1, -0.05) is 0 Å². The Kier molecular flexibility index (Phi) is 3.84. The average molecular weight is 201 g/mol. The van der Waals surface area contributed by atoms with E-state index in [-0.39, 0.29) is 6.54 Å². The van der Waals surface area contributed by atoms with Gasteiger partial charge in [0.2, 0.25) is 0 Å². The monoisotopic (exact) mass is 201 g/mol. The maximum absolute atomic E-state index is 11.4. The molecule has 0 aromatic carbocycles. The number of rotatable bonds is 2. The van der Waals surface area contributed by atoms with Crippen LogP contribution in [0, 0.1) is 0 Å². The molecule has 1 fully saturated rings. The van der Waals surface area contributed by atoms with Gasteiger partial charge in [-0.2, -0.15) is 0 Å². The third-order valence-electron chi connectivity index (χ3n) is 2.07. The number of carbonyl (C=O) groups is 2. The number of aliphatic hydroxyl groups excluding tert-OH is 1. The van der Waals surface area contributed by atoms with Crippen LogP contribution in [0.5, 0.6) is 0 Å². The number of nitrogens with two attached hydrogens (primary N) is 1. The number of likely N-dealkylation sites (tertiary alicyclic amines) is 1. The van der Waals surface area contributed by atoms with Gasteiger partial charge in [0.15, 0.2) is 0 Å². The van der Waals surface area contributed by atoms with Gasteiger partial charge >= 0.3 is 11.8 Å². The highest BCUT2D eigenvalue weighted by molar-refractivity contribution is 6.35. The lowest BCUT2D eigenvalue weighted by Gasteiger charge is -2.14. The van der Waals surface area contributed by atoms with Crippen molar-refractivity contribution in [3.8, 4) is 0 Å². The maximum atomic E-state index is 11.4. The van der Waals surface area contributed by atoms with E-state index in [1.165, 1.54) is 4.90 Å². The SMILES string of the molecule is NCCNC(=O)C(=O)N1CCC(O)C1. The maximum Gasteiger partial charge on any atom is 0.311 e. The van der Waals surface area contributed by atoms with Crippen molar-refractivity contribution in [2.75, 3.05) is 26.2 Å². The van der Waals surface area contributed by atoms with Crippen LogP contribution >= 0.6 is 0 Å². The van der Waals surface area contributed by atoms with Gasteiger partial charge in [-0.15, -0.1) is 0 Å². The van der Waals surface area contributed by atoms with Crippen LogP contribution in [0.25, 0.3) is 0 Å². The summed E-state index contributed by atoms with van der Waals surface area (Å²) in [6.45, 7) is 1.29. The predicted octanol–water partition coefficient (Wildman–Crippen LogP) is -2.35. The zero-order chi connectivity index (χ0) is 10.6. The summed E-state index contributed by atoms with van der Waals surface area (Å²) in [7, 11) is 0. The summed E-state index contributed by atoms with van der Waals surface area (Å²) in [5, 5.41) is 11.5. The van der Waals surface area contributed by atoms with E-state index in [0.29, 0.717) is 26.1 Å². The quantitative estimate of drug-likeness (QED) is 0.436. The number of β-amino-alcohol motifs (C(OH)–C–C–N with tert-alkyl or cyclic N) is 1. The van der Waals surface area contributed by atoms with Gasteiger partial charge in [-0.25, -0.2) is 0 Å². The molecular formula is C8H15N3O3. The van der Waals surface area contributed by atoms with E-state index < -0.39 is 17.9 Å². The zero-order valence-electron chi connectivity index (χ0n) is 7.90. The van der Waals surface area contributed by atoms with Crippen molar-refractivity contribution in [2.24, 2.45) is 5.73 Å². The van der Waals surface area contributed by atoms with Gasteiger partial charge in [0, 0.05) is 26.2 Å². The van der Waals surface area contributed by atoms with E-state index in [2.05, 4.69) is 5.32 Å². The molecule has 1 aliphatic rings. The Labute approximate surface area is 82.1 Å². The fourth-order valence-corrected chi connectivity index (χ4v) is 1.33. The highest BCUT2D eigenvalue weighted by Gasteiger charge is 2.28. The first-order valence-corrected chi connectivity index (χ1v) is 4.60. The van der Waals surface area contributed by atoms with E-state index in [1.54, 1.807) is 0 Å². The van der Waals surface area contributed by atoms with E-state index in [0.717, 1.165) is 0 Å². The van der Waals surface area contributed by atoms with Crippen LogP contribution in [0.15, 0.2) is 0 Å². The van der Waals surface area contributed by atoms with Crippen molar-refractivity contribution < 1.29 is 14.7 Å². The minimum absolute atomic E-state index is 0.245. The van der Waals surface area contributed by atoms with Crippen LogP contribution in [0.4, 0.5) is 0 Å². The molecule has 6 heteroatoms. The van der Waals surface area contributed by atoms with Crippen molar-refractivity contribution in [2.45, 2.75) is 12.5 Å². The molecule has 1 aliphatic heterocycles. The Balaban J connectivity index is 2.37. The molecule has 0 spiro atoms. The topological polar surface area (TPSA) is 95.7 Å². The van der Waals surface area contributed by atoms with Crippen molar-refractivity contribution in [1.82, 2.24) is 10.2 Å². The second-order valence-electron chi connectivity index (χ2n) is 3.24. The van der Waals surface area contributed by atoms with Crippen LogP contribution in [-0.4, -0.2) is 54.1 Å². The van der Waals surface area contributed by atoms with E-state index in [1.807, 2.05) is 0 Å². The Hall–Kier alpha value is -1.14. The van der Waals surface area contributed by atoms with Crippen molar-refractivity contribution in [1.29, 1.82) is 0 Å². The second-order valence-corrected chi connectivity index (χ2v) is 3.24. The van der Waals surface area contributed by atoms with Crippen molar-refractivity contribution >= 4 is 11.8 Å². The number of nitrogens with zero attached hydrogens (tertiary/aromatic N) is 1. The molecule has 1 unspecified atom stereocenters. The molecule has 2 amide bonds. The largest absolute Gasteiger partial charge is 0.391 e. The first kappa shape index (κ1) is 10.9. The van der Waals surface area contributed by atoms with Gasteiger partial charge in [-0.05, 0) is 6.42 Å². The number of hydrogen-bond donors (Lipinski definition) is 3. The van der Waals surface area contributed by atoms with Crippen LogP contribution in [0.1, 0.15) is 6.42 Å². The summed E-state index contributed by atoms with van der Waals surface area (Å²) in [5.74, 6) is -1.24. The minimum atomic E-state index is -0.649. The molecule has 0 aromatic rings. The summed E-state index contributed by atoms with van der Waals surface area (Å²) in [5.41, 5.74) is 5.17. The van der Waals surface area contributed by atoms with Gasteiger partial charge in [0.1, 0.15) is 0 Å². The van der Waals surface area contributed by atoms with Crippen LogP contribution in [-0.2, 0) is 9.59 Å². The molecule has 14 heavy (non-hydrogen) atoms. The van der Waals surface area contributed by atoms with E-state index in [9.17, 15) is 9.59 Å². The smallest absolute Gasteiger partial charge is 0.311 e. The normalized spacial score (nSPS) is 21.0. The highest BCUT2D eigenvalue weighted by Crippen LogP contribution is 2.08. The predicted molar refractivity (Wildman–Crippen MR) is 49.3 cm³/mol. The lowest BCUT2D eigenvalue weighted by molar-refractivity contribution is -0.145. The first-order valence-electron chi connectivity index (χ1n) is 4.60. The van der Waals surface area contributed by atoms with Crippen molar-refractivity contribution in [3.05, 3.63) is 0 Å². The molecule has 0 radical (unpaired) electrons. The summed E-state index contributed by atoms with van der Waals surface area (Å²) in [6.07, 6.45) is 0.0388. The Bertz CT molecular complexity index is 232. The average Bonchev–Trinajstić information content (AvgIpc) is 2.60. The number of nitrogens with one attached hydrogen (secondary N) is 1. The molecule has 0 aromatic heterocycles. The number of aliphatic hydroxyl groups is 1. The molecule has 0 aliphatic carbocycles. The fourth-order valence-electron chi connectivity index (χ4n) is 1.33. The Morgan fingerprint density at radius 2 is 2.29 bits per heavy atom. The molecule has 0 bridgehead atoms. The number of amides is 2. The van der Waals surface area contributed by atoms with Crippen LogP contribution in [0.2, 0.25) is 0 Å². The third-order valence-corrected chi connectivity index (χ3v) is 2.07. The molecule has 0 saturated carbocycles. The van der Waals surface area contributed by atoms with E-state index >= 15 is 0 Å². The first-order chi connectivity index (χ1) is 6.65. The van der Waals surface area contributed by atoms with Gasteiger partial charge in [-0.3, -0.25) is 9.59 Å². The fraction of sp³-hybridized carbons (Fsp3) is 0.750. The minimum Gasteiger partial charge on any atom is -0.391 e. The molecule has 1 atom stereocenters. The second kappa shape index (κ2) is 4.92. The zero-order valence-corrected chi connectivity index (χ0v) is 7.90. The summed E-state index contributed by atoms with van der Waals surface area (Å²) < 4.78 is 0. The Morgan fingerprint density at radius 1 is 1.57 bits per heavy atom. The summed E-state index contributed by atoms with van der Waals surface area (Å²) in [4.78, 5) is 23.9.